The van der Waals surface area contributed by atoms with Crippen LogP contribution in [0.3, 0.4) is 0 Å². The van der Waals surface area contributed by atoms with E-state index in [-0.39, 0.29) is 0 Å². The molecule has 0 spiro atoms. The van der Waals surface area contributed by atoms with Crippen molar-refractivity contribution in [1.29, 1.82) is 0 Å². The second-order valence-corrected chi connectivity index (χ2v) is 6.76. The Hall–Kier alpha value is -0.120. The molecule has 0 aromatic rings. The average Bonchev–Trinajstić information content (AvgIpc) is 2.60. The molecule has 19 heavy (non-hydrogen) atoms. The Morgan fingerprint density at radius 1 is 1.26 bits per heavy atom. The third-order valence-electron chi connectivity index (χ3n) is 4.21. The SMILES string of the molecule is CCCN1CCCC(NCC(C)(C)CCOC)CC1. The van der Waals surface area contributed by atoms with Crippen molar-refractivity contribution in [2.24, 2.45) is 5.41 Å². The molecule has 1 saturated heterocycles. The van der Waals surface area contributed by atoms with Crippen LogP contribution in [0, 0.1) is 5.41 Å². The van der Waals surface area contributed by atoms with Gasteiger partial charge in [0.1, 0.15) is 0 Å². The fourth-order valence-corrected chi connectivity index (χ4v) is 2.79. The van der Waals surface area contributed by atoms with Crippen LogP contribution in [0.1, 0.15) is 52.9 Å². The van der Waals surface area contributed by atoms with Crippen LogP contribution in [0.2, 0.25) is 0 Å². The molecule has 0 aromatic carbocycles. The molecular weight excluding hydrogens is 236 g/mol. The molecule has 3 nitrogen and oxygen atoms in total. The number of methoxy groups -OCH3 is 1. The monoisotopic (exact) mass is 270 g/mol. The van der Waals surface area contributed by atoms with E-state index < -0.39 is 0 Å². The van der Waals surface area contributed by atoms with Crippen LogP contribution in [0.25, 0.3) is 0 Å². The number of rotatable bonds is 8. The van der Waals surface area contributed by atoms with Gasteiger partial charge in [0.2, 0.25) is 0 Å². The fourth-order valence-electron chi connectivity index (χ4n) is 2.79. The summed E-state index contributed by atoms with van der Waals surface area (Å²) in [4.78, 5) is 2.62. The second-order valence-electron chi connectivity index (χ2n) is 6.76. The van der Waals surface area contributed by atoms with E-state index in [1.807, 2.05) is 0 Å². The molecule has 3 heteroatoms. The van der Waals surface area contributed by atoms with Gasteiger partial charge in [0, 0.05) is 26.3 Å². The Balaban J connectivity index is 2.25. The second kappa shape index (κ2) is 8.93. The lowest BCUT2D eigenvalue weighted by Gasteiger charge is -2.28. The van der Waals surface area contributed by atoms with Gasteiger partial charge < -0.3 is 15.0 Å². The van der Waals surface area contributed by atoms with Crippen LogP contribution < -0.4 is 5.32 Å². The highest BCUT2D eigenvalue weighted by molar-refractivity contribution is 4.79. The first-order valence-electron chi connectivity index (χ1n) is 8.02. The summed E-state index contributed by atoms with van der Waals surface area (Å²) in [5.74, 6) is 0. The number of hydrogen-bond acceptors (Lipinski definition) is 3. The molecule has 1 unspecified atom stereocenters. The Kier molecular flexibility index (Phi) is 7.96. The molecule has 1 rings (SSSR count). The number of likely N-dealkylation sites (tertiary alicyclic amines) is 1. The third kappa shape index (κ3) is 7.28. The Bertz CT molecular complexity index is 231. The van der Waals surface area contributed by atoms with E-state index in [9.17, 15) is 0 Å². The summed E-state index contributed by atoms with van der Waals surface area (Å²) in [5.41, 5.74) is 0.339. The van der Waals surface area contributed by atoms with Gasteiger partial charge in [-0.3, -0.25) is 0 Å². The van der Waals surface area contributed by atoms with E-state index in [1.165, 1.54) is 45.3 Å². The zero-order valence-electron chi connectivity index (χ0n) is 13.5. The first-order valence-corrected chi connectivity index (χ1v) is 8.02. The molecule has 0 aliphatic carbocycles. The quantitative estimate of drug-likeness (QED) is 0.734. The molecule has 1 aliphatic heterocycles. The smallest absolute Gasteiger partial charge is 0.0467 e. The number of hydrogen-bond donors (Lipinski definition) is 1. The summed E-state index contributed by atoms with van der Waals surface area (Å²) in [6, 6.07) is 0.712. The maximum atomic E-state index is 5.20. The number of nitrogens with zero attached hydrogens (tertiary/aromatic N) is 1. The minimum absolute atomic E-state index is 0.339. The number of ether oxygens (including phenoxy) is 1. The Morgan fingerprint density at radius 2 is 2.05 bits per heavy atom. The van der Waals surface area contributed by atoms with Crippen molar-refractivity contribution in [1.82, 2.24) is 10.2 Å². The highest BCUT2D eigenvalue weighted by Gasteiger charge is 2.21. The lowest BCUT2D eigenvalue weighted by molar-refractivity contribution is 0.148. The van der Waals surface area contributed by atoms with E-state index >= 15 is 0 Å². The van der Waals surface area contributed by atoms with Gasteiger partial charge in [-0.1, -0.05) is 20.8 Å². The van der Waals surface area contributed by atoms with E-state index in [0.29, 0.717) is 11.5 Å². The average molecular weight is 270 g/mol. The highest BCUT2D eigenvalue weighted by atomic mass is 16.5. The molecule has 1 aliphatic rings. The largest absolute Gasteiger partial charge is 0.385 e. The minimum atomic E-state index is 0.339. The van der Waals surface area contributed by atoms with Crippen LogP contribution >= 0.6 is 0 Å². The van der Waals surface area contributed by atoms with Crippen molar-refractivity contribution < 1.29 is 4.74 Å². The van der Waals surface area contributed by atoms with Crippen LogP contribution in [-0.4, -0.2) is 50.8 Å². The van der Waals surface area contributed by atoms with Crippen LogP contribution in [0.5, 0.6) is 0 Å². The minimum Gasteiger partial charge on any atom is -0.385 e. The zero-order valence-corrected chi connectivity index (χ0v) is 13.5. The van der Waals surface area contributed by atoms with Gasteiger partial charge in [-0.2, -0.15) is 0 Å². The summed E-state index contributed by atoms with van der Waals surface area (Å²) in [7, 11) is 1.79. The summed E-state index contributed by atoms with van der Waals surface area (Å²) in [6.07, 6.45) is 6.39. The van der Waals surface area contributed by atoms with Crippen LogP contribution in [0.15, 0.2) is 0 Å². The number of nitrogens with one attached hydrogen (secondary N) is 1. The predicted octanol–water partition coefficient (Wildman–Crippen LogP) is 2.90. The van der Waals surface area contributed by atoms with Gasteiger partial charge in [0.15, 0.2) is 0 Å². The van der Waals surface area contributed by atoms with Crippen molar-refractivity contribution in [3.8, 4) is 0 Å². The first kappa shape index (κ1) is 16.9. The lowest BCUT2D eigenvalue weighted by atomic mass is 9.89. The van der Waals surface area contributed by atoms with Crippen molar-refractivity contribution in [3.63, 3.8) is 0 Å². The third-order valence-corrected chi connectivity index (χ3v) is 4.21. The molecule has 0 saturated carbocycles. The van der Waals surface area contributed by atoms with Gasteiger partial charge in [-0.15, -0.1) is 0 Å². The first-order chi connectivity index (χ1) is 9.07. The molecule has 114 valence electrons. The van der Waals surface area contributed by atoms with Crippen LogP contribution in [-0.2, 0) is 4.74 Å². The van der Waals surface area contributed by atoms with E-state index in [4.69, 9.17) is 4.74 Å². The molecule has 1 N–H and O–H groups in total. The lowest BCUT2D eigenvalue weighted by Crippen LogP contribution is -2.38. The molecule has 1 heterocycles. The van der Waals surface area contributed by atoms with E-state index in [1.54, 1.807) is 7.11 Å². The van der Waals surface area contributed by atoms with Crippen LogP contribution in [0.4, 0.5) is 0 Å². The van der Waals surface area contributed by atoms with Gasteiger partial charge in [0.05, 0.1) is 0 Å². The Labute approximate surface area is 120 Å². The standard InChI is InChI=1S/C16H34N2O/c1-5-10-18-11-6-7-15(8-12-18)17-14-16(2,3)9-13-19-4/h15,17H,5-14H2,1-4H3. The maximum Gasteiger partial charge on any atom is 0.0467 e. The summed E-state index contributed by atoms with van der Waals surface area (Å²) in [6.45, 7) is 12.7. The molecule has 0 aromatic heterocycles. The highest BCUT2D eigenvalue weighted by Crippen LogP contribution is 2.20. The van der Waals surface area contributed by atoms with E-state index in [0.717, 1.165) is 19.6 Å². The van der Waals surface area contributed by atoms with Gasteiger partial charge in [-0.25, -0.2) is 0 Å². The van der Waals surface area contributed by atoms with E-state index in [2.05, 4.69) is 31.0 Å². The fraction of sp³-hybridized carbons (Fsp3) is 1.00. The molecular formula is C16H34N2O. The molecule has 1 fully saturated rings. The molecule has 0 amide bonds. The summed E-state index contributed by atoms with van der Waals surface area (Å²) >= 11 is 0. The van der Waals surface area contributed by atoms with Crippen molar-refractivity contribution in [2.75, 3.05) is 39.9 Å². The maximum absolute atomic E-state index is 5.20. The Morgan fingerprint density at radius 3 is 2.74 bits per heavy atom. The van der Waals surface area contributed by atoms with Crippen molar-refractivity contribution >= 4 is 0 Å². The van der Waals surface area contributed by atoms with Gasteiger partial charge >= 0.3 is 0 Å². The van der Waals surface area contributed by atoms with Gasteiger partial charge in [-0.05, 0) is 57.2 Å². The topological polar surface area (TPSA) is 24.5 Å². The van der Waals surface area contributed by atoms with Gasteiger partial charge in [0.25, 0.3) is 0 Å². The molecule has 1 atom stereocenters. The predicted molar refractivity (Wildman–Crippen MR) is 82.6 cm³/mol. The summed E-state index contributed by atoms with van der Waals surface area (Å²) in [5, 5.41) is 3.79. The zero-order chi connectivity index (χ0) is 14.1. The van der Waals surface area contributed by atoms with Crippen molar-refractivity contribution in [2.45, 2.75) is 58.9 Å². The van der Waals surface area contributed by atoms with Crippen molar-refractivity contribution in [3.05, 3.63) is 0 Å². The molecule has 0 radical (unpaired) electrons. The molecule has 0 bridgehead atoms. The normalized spacial score (nSPS) is 22.4. The summed E-state index contributed by atoms with van der Waals surface area (Å²) < 4.78 is 5.20.